The first-order valence-corrected chi connectivity index (χ1v) is 7.64. The maximum atomic E-state index is 12.9. The monoisotopic (exact) mass is 307 g/mol. The molecule has 0 fully saturated rings. The summed E-state index contributed by atoms with van der Waals surface area (Å²) in [4.78, 5) is 12.2. The third kappa shape index (κ3) is 3.75. The summed E-state index contributed by atoms with van der Waals surface area (Å²) in [6, 6.07) is 20.2. The first-order valence-electron chi connectivity index (χ1n) is 7.64. The van der Waals surface area contributed by atoms with Crippen molar-refractivity contribution in [3.8, 4) is 0 Å². The summed E-state index contributed by atoms with van der Waals surface area (Å²) in [6.45, 7) is 1.89. The lowest BCUT2D eigenvalue weighted by atomic mass is 10.0. The molecule has 1 atom stereocenters. The van der Waals surface area contributed by atoms with Crippen LogP contribution in [0, 0.1) is 5.82 Å². The molecule has 0 aromatic heterocycles. The van der Waals surface area contributed by atoms with E-state index in [1.165, 1.54) is 12.1 Å². The van der Waals surface area contributed by atoms with Gasteiger partial charge in [-0.15, -0.1) is 0 Å². The molecule has 0 aliphatic carbocycles. The number of halogens is 1. The van der Waals surface area contributed by atoms with Gasteiger partial charge in [0.2, 0.25) is 5.91 Å². The molecule has 0 unspecified atom stereocenters. The predicted octanol–water partition coefficient (Wildman–Crippen LogP) is 4.40. The molecule has 1 amide bonds. The predicted molar refractivity (Wildman–Crippen MR) is 90.6 cm³/mol. The van der Waals surface area contributed by atoms with Crippen LogP contribution >= 0.6 is 0 Å². The summed E-state index contributed by atoms with van der Waals surface area (Å²) < 4.78 is 12.9. The third-order valence-electron chi connectivity index (χ3n) is 3.93. The molecule has 23 heavy (non-hydrogen) atoms. The average Bonchev–Trinajstić information content (AvgIpc) is 2.55. The van der Waals surface area contributed by atoms with E-state index in [1.807, 2.05) is 43.3 Å². The quantitative estimate of drug-likeness (QED) is 0.760. The van der Waals surface area contributed by atoms with Gasteiger partial charge in [-0.2, -0.15) is 0 Å². The van der Waals surface area contributed by atoms with Crippen LogP contribution in [-0.4, -0.2) is 5.91 Å². The number of rotatable bonds is 4. The molecule has 3 rings (SSSR count). The molecule has 0 radical (unpaired) electrons. The molecule has 116 valence electrons. The summed E-state index contributed by atoms with van der Waals surface area (Å²) in [5, 5.41) is 5.24. The lowest BCUT2D eigenvalue weighted by molar-refractivity contribution is -0.121. The summed E-state index contributed by atoms with van der Waals surface area (Å²) in [5.41, 5.74) is 1.87. The van der Waals surface area contributed by atoms with Crippen LogP contribution in [0.5, 0.6) is 0 Å². The first kappa shape index (κ1) is 15.2. The number of hydrogen-bond donors (Lipinski definition) is 1. The number of fused-ring (bicyclic) bond motifs is 1. The highest BCUT2D eigenvalue weighted by Crippen LogP contribution is 2.17. The molecular weight excluding hydrogens is 289 g/mol. The minimum atomic E-state index is -0.275. The number of nitrogens with one attached hydrogen (secondary N) is 1. The Morgan fingerprint density at radius 3 is 2.43 bits per heavy atom. The lowest BCUT2D eigenvalue weighted by Crippen LogP contribution is -2.28. The first-order chi connectivity index (χ1) is 11.1. The van der Waals surface area contributed by atoms with Crippen molar-refractivity contribution in [1.82, 2.24) is 5.32 Å². The van der Waals surface area contributed by atoms with Gasteiger partial charge in [-0.3, -0.25) is 4.79 Å². The van der Waals surface area contributed by atoms with Crippen molar-refractivity contribution in [2.24, 2.45) is 0 Å². The van der Waals surface area contributed by atoms with Crippen molar-refractivity contribution in [3.63, 3.8) is 0 Å². The summed E-state index contributed by atoms with van der Waals surface area (Å²) >= 11 is 0. The van der Waals surface area contributed by atoms with Gasteiger partial charge in [0, 0.05) is 0 Å². The maximum Gasteiger partial charge on any atom is 0.224 e. The summed E-state index contributed by atoms with van der Waals surface area (Å²) in [7, 11) is 0. The molecule has 3 aromatic rings. The van der Waals surface area contributed by atoms with Crippen LogP contribution in [0.15, 0.2) is 66.7 Å². The molecule has 3 heteroatoms. The van der Waals surface area contributed by atoms with Gasteiger partial charge in [-0.05, 0) is 41.0 Å². The van der Waals surface area contributed by atoms with Crippen molar-refractivity contribution < 1.29 is 9.18 Å². The zero-order valence-electron chi connectivity index (χ0n) is 12.9. The largest absolute Gasteiger partial charge is 0.349 e. The molecule has 0 heterocycles. The molecule has 0 saturated heterocycles. The Morgan fingerprint density at radius 1 is 1.00 bits per heavy atom. The highest BCUT2D eigenvalue weighted by Gasteiger charge is 2.10. The van der Waals surface area contributed by atoms with Crippen molar-refractivity contribution >= 4 is 16.7 Å². The minimum absolute atomic E-state index is 0.0443. The molecule has 2 nitrogen and oxygen atoms in total. The maximum absolute atomic E-state index is 12.9. The van der Waals surface area contributed by atoms with Crippen LogP contribution in [0.1, 0.15) is 24.1 Å². The summed E-state index contributed by atoms with van der Waals surface area (Å²) in [6.07, 6.45) is 0.330. The Morgan fingerprint density at radius 2 is 1.70 bits per heavy atom. The van der Waals surface area contributed by atoms with E-state index in [4.69, 9.17) is 0 Å². The number of hydrogen-bond acceptors (Lipinski definition) is 1. The molecule has 0 aliphatic heterocycles. The van der Waals surface area contributed by atoms with E-state index >= 15 is 0 Å². The Hall–Kier alpha value is -2.68. The van der Waals surface area contributed by atoms with Gasteiger partial charge >= 0.3 is 0 Å². The molecule has 1 N–H and O–H groups in total. The highest BCUT2D eigenvalue weighted by molar-refractivity contribution is 5.85. The third-order valence-corrected chi connectivity index (χ3v) is 3.93. The molecular formula is C20H18FNO. The van der Waals surface area contributed by atoms with Crippen LogP contribution in [0.3, 0.4) is 0 Å². The van der Waals surface area contributed by atoms with E-state index in [9.17, 15) is 9.18 Å². The molecule has 0 spiro atoms. The number of benzene rings is 3. The van der Waals surface area contributed by atoms with Crippen LogP contribution in [0.4, 0.5) is 4.39 Å². The standard InChI is InChI=1S/C20H18FNO/c1-14(16-8-10-19(21)11-9-16)22-20(23)13-15-6-7-17-4-2-3-5-18(17)12-15/h2-12,14H,13H2,1H3,(H,22,23)/t14-/m1/s1. The van der Waals surface area contributed by atoms with Crippen LogP contribution in [0.2, 0.25) is 0 Å². The molecule has 3 aromatic carbocycles. The van der Waals surface area contributed by atoms with Gasteiger partial charge in [0.25, 0.3) is 0 Å². The highest BCUT2D eigenvalue weighted by atomic mass is 19.1. The topological polar surface area (TPSA) is 29.1 Å². The molecule has 0 aliphatic rings. The van der Waals surface area contributed by atoms with Crippen LogP contribution in [0.25, 0.3) is 10.8 Å². The molecule has 0 saturated carbocycles. The second kappa shape index (κ2) is 6.61. The zero-order valence-corrected chi connectivity index (χ0v) is 12.9. The van der Waals surface area contributed by atoms with Crippen LogP contribution < -0.4 is 5.32 Å². The molecule has 0 bridgehead atoms. The minimum Gasteiger partial charge on any atom is -0.349 e. The van der Waals surface area contributed by atoms with Crippen molar-refractivity contribution in [2.45, 2.75) is 19.4 Å². The second-order valence-electron chi connectivity index (χ2n) is 5.70. The lowest BCUT2D eigenvalue weighted by Gasteiger charge is -2.14. The zero-order chi connectivity index (χ0) is 16.2. The van der Waals surface area contributed by atoms with E-state index in [1.54, 1.807) is 12.1 Å². The normalized spacial score (nSPS) is 12.1. The summed E-state index contributed by atoms with van der Waals surface area (Å²) in [5.74, 6) is -0.319. The van der Waals surface area contributed by atoms with E-state index in [-0.39, 0.29) is 17.8 Å². The SMILES string of the molecule is C[C@@H](NC(=O)Cc1ccc2ccccc2c1)c1ccc(F)cc1. The van der Waals surface area contributed by atoms with Crippen molar-refractivity contribution in [1.29, 1.82) is 0 Å². The fourth-order valence-corrected chi connectivity index (χ4v) is 2.66. The average molecular weight is 307 g/mol. The van der Waals surface area contributed by atoms with E-state index < -0.39 is 0 Å². The van der Waals surface area contributed by atoms with Gasteiger partial charge in [-0.25, -0.2) is 4.39 Å². The Balaban J connectivity index is 1.67. The Kier molecular flexibility index (Phi) is 4.38. The van der Waals surface area contributed by atoms with Gasteiger partial charge in [0.05, 0.1) is 12.5 Å². The van der Waals surface area contributed by atoms with Gasteiger partial charge in [0.15, 0.2) is 0 Å². The van der Waals surface area contributed by atoms with Crippen LogP contribution in [-0.2, 0) is 11.2 Å². The van der Waals surface area contributed by atoms with Gasteiger partial charge < -0.3 is 5.32 Å². The second-order valence-corrected chi connectivity index (χ2v) is 5.70. The van der Waals surface area contributed by atoms with E-state index in [2.05, 4.69) is 11.4 Å². The Bertz CT molecular complexity index is 826. The van der Waals surface area contributed by atoms with Gasteiger partial charge in [0.1, 0.15) is 5.82 Å². The van der Waals surface area contributed by atoms with E-state index in [0.717, 1.165) is 21.9 Å². The van der Waals surface area contributed by atoms with E-state index in [0.29, 0.717) is 6.42 Å². The van der Waals surface area contributed by atoms with Gasteiger partial charge in [-0.1, -0.05) is 54.6 Å². The van der Waals surface area contributed by atoms with Crippen molar-refractivity contribution in [3.05, 3.63) is 83.7 Å². The number of amides is 1. The van der Waals surface area contributed by atoms with Crippen molar-refractivity contribution in [2.75, 3.05) is 0 Å². The fraction of sp³-hybridized carbons (Fsp3) is 0.150. The Labute approximate surface area is 135 Å². The fourth-order valence-electron chi connectivity index (χ4n) is 2.66. The number of carbonyl (C=O) groups is 1. The smallest absolute Gasteiger partial charge is 0.224 e. The number of carbonyl (C=O) groups excluding carboxylic acids is 1.